The third kappa shape index (κ3) is 4.57. The van der Waals surface area contributed by atoms with Gasteiger partial charge < -0.3 is 14.8 Å². The van der Waals surface area contributed by atoms with Gasteiger partial charge in [-0.3, -0.25) is 9.59 Å². The lowest BCUT2D eigenvalue weighted by atomic mass is 10.0. The molecular formula is C25H24ClFN6O2. The van der Waals surface area contributed by atoms with Gasteiger partial charge in [0.05, 0.1) is 35.0 Å². The minimum absolute atomic E-state index is 0.0145. The average molecular weight is 495 g/mol. The molecular weight excluding hydrogens is 471 g/mol. The number of nitriles is 1. The fraction of sp³-hybridized carbons (Fsp3) is 0.280. The molecule has 1 aromatic heterocycles. The summed E-state index contributed by atoms with van der Waals surface area (Å²) < 4.78 is 15.9. The van der Waals surface area contributed by atoms with E-state index in [9.17, 15) is 14.0 Å². The lowest BCUT2D eigenvalue weighted by molar-refractivity contribution is 0.0727. The molecule has 0 atom stereocenters. The first-order valence-corrected chi connectivity index (χ1v) is 11.5. The first-order chi connectivity index (χ1) is 16.7. The molecule has 0 radical (unpaired) electrons. The smallest absolute Gasteiger partial charge is 0.279 e. The van der Waals surface area contributed by atoms with Crippen LogP contribution in [0.15, 0.2) is 47.3 Å². The first-order valence-electron chi connectivity index (χ1n) is 11.1. The van der Waals surface area contributed by atoms with Gasteiger partial charge in [-0.25, -0.2) is 9.37 Å². The summed E-state index contributed by atoms with van der Waals surface area (Å²) in [6, 6.07) is 12.9. The Bertz CT molecular complexity index is 1380. The van der Waals surface area contributed by atoms with Crippen LogP contribution in [0, 0.1) is 17.1 Å². The van der Waals surface area contributed by atoms with E-state index in [1.54, 1.807) is 31.2 Å². The van der Waals surface area contributed by atoms with Crippen LogP contribution in [0.25, 0.3) is 0 Å². The summed E-state index contributed by atoms with van der Waals surface area (Å²) in [5.41, 5.74) is 1.55. The Morgan fingerprint density at radius 1 is 1.23 bits per heavy atom. The number of anilines is 2. The van der Waals surface area contributed by atoms with Crippen molar-refractivity contribution in [3.05, 3.63) is 86.0 Å². The molecule has 0 N–H and O–H groups in total. The Labute approximate surface area is 207 Å². The minimum Gasteiger partial charge on any atom is -0.334 e. The highest BCUT2D eigenvalue weighted by molar-refractivity contribution is 6.30. The van der Waals surface area contributed by atoms with E-state index in [1.807, 2.05) is 30.0 Å². The predicted octanol–water partition coefficient (Wildman–Crippen LogP) is 3.46. The average Bonchev–Trinajstić information content (AvgIpc) is 2.84. The van der Waals surface area contributed by atoms with E-state index >= 15 is 0 Å². The molecule has 0 saturated carbocycles. The van der Waals surface area contributed by atoms with Gasteiger partial charge in [-0.2, -0.15) is 9.94 Å². The van der Waals surface area contributed by atoms with Crippen LogP contribution < -0.4 is 15.5 Å². The predicted molar refractivity (Wildman–Crippen MR) is 132 cm³/mol. The molecule has 1 aliphatic heterocycles. The monoisotopic (exact) mass is 494 g/mol. The van der Waals surface area contributed by atoms with Crippen molar-refractivity contribution >= 4 is 29.1 Å². The zero-order chi connectivity index (χ0) is 25.3. The Hall–Kier alpha value is -3.90. The van der Waals surface area contributed by atoms with Crippen molar-refractivity contribution in [2.24, 2.45) is 0 Å². The van der Waals surface area contributed by atoms with Crippen molar-refractivity contribution in [2.75, 3.05) is 37.1 Å². The van der Waals surface area contributed by atoms with Gasteiger partial charge in [0.1, 0.15) is 5.82 Å². The number of carbonyl (C=O) groups excluding carboxylic acids is 1. The highest BCUT2D eigenvalue weighted by Gasteiger charge is 2.30. The number of benzene rings is 2. The molecule has 1 aliphatic rings. The van der Waals surface area contributed by atoms with Crippen molar-refractivity contribution in [2.45, 2.75) is 19.9 Å². The number of halogens is 2. The maximum absolute atomic E-state index is 14.5. The second kappa shape index (κ2) is 9.76. The van der Waals surface area contributed by atoms with Crippen molar-refractivity contribution in [1.29, 1.82) is 5.26 Å². The summed E-state index contributed by atoms with van der Waals surface area (Å²) in [6.45, 7) is 2.83. The highest BCUT2D eigenvalue weighted by atomic mass is 35.5. The molecule has 180 valence electrons. The third-order valence-corrected chi connectivity index (χ3v) is 6.15. The number of hydrogen-bond donors (Lipinski definition) is 0. The molecule has 1 amide bonds. The number of hydrogen-bond acceptors (Lipinski definition) is 6. The highest BCUT2D eigenvalue weighted by Crippen LogP contribution is 2.27. The standard InChI is InChI=1S/C25H24ClFN6O2/c1-4-32(18-8-6-17(26)7-9-18)25-29-22-11-12-31(15-20(22)24(35)33(25)30(2)3)23(34)19-10-5-16(14-28)13-21(19)27/h5-10,13H,4,11-12,15H2,1-3H3. The topological polar surface area (TPSA) is 85.5 Å². The Morgan fingerprint density at radius 2 is 1.94 bits per heavy atom. The molecule has 8 nitrogen and oxygen atoms in total. The van der Waals surface area contributed by atoms with Crippen LogP contribution >= 0.6 is 11.6 Å². The third-order valence-electron chi connectivity index (χ3n) is 5.90. The molecule has 2 heterocycles. The Kier molecular flexibility index (Phi) is 6.76. The molecule has 0 unspecified atom stereocenters. The molecule has 4 rings (SSSR count). The fourth-order valence-corrected chi connectivity index (χ4v) is 4.28. The fourth-order valence-electron chi connectivity index (χ4n) is 4.15. The summed E-state index contributed by atoms with van der Waals surface area (Å²) >= 11 is 6.05. The van der Waals surface area contributed by atoms with Crippen LogP contribution in [-0.2, 0) is 13.0 Å². The van der Waals surface area contributed by atoms with E-state index in [4.69, 9.17) is 21.8 Å². The normalized spacial score (nSPS) is 12.6. The molecule has 0 saturated heterocycles. The van der Waals surface area contributed by atoms with Crippen molar-refractivity contribution in [3.63, 3.8) is 0 Å². The van der Waals surface area contributed by atoms with Crippen LogP contribution in [0.1, 0.15) is 34.1 Å². The van der Waals surface area contributed by atoms with Crippen LogP contribution in [0.4, 0.5) is 16.0 Å². The maximum Gasteiger partial charge on any atom is 0.279 e. The van der Waals surface area contributed by atoms with Gasteiger partial charge in [-0.15, -0.1) is 0 Å². The summed E-state index contributed by atoms with van der Waals surface area (Å²) in [7, 11) is 3.49. The van der Waals surface area contributed by atoms with Gasteiger partial charge >= 0.3 is 0 Å². The van der Waals surface area contributed by atoms with Crippen LogP contribution in [-0.4, -0.2) is 47.7 Å². The van der Waals surface area contributed by atoms with Crippen molar-refractivity contribution in [3.8, 4) is 6.07 Å². The lowest BCUT2D eigenvalue weighted by Crippen LogP contribution is -2.46. The number of amides is 1. The maximum atomic E-state index is 14.5. The summed E-state index contributed by atoms with van der Waals surface area (Å²) in [6.07, 6.45) is 0.355. The Morgan fingerprint density at radius 3 is 2.54 bits per heavy atom. The van der Waals surface area contributed by atoms with Gasteiger partial charge in [0.2, 0.25) is 5.95 Å². The second-order valence-electron chi connectivity index (χ2n) is 8.31. The van der Waals surface area contributed by atoms with Crippen LogP contribution in [0.2, 0.25) is 5.02 Å². The van der Waals surface area contributed by atoms with Crippen molar-refractivity contribution in [1.82, 2.24) is 14.6 Å². The van der Waals surface area contributed by atoms with Crippen LogP contribution in [0.5, 0.6) is 0 Å². The summed E-state index contributed by atoms with van der Waals surface area (Å²) in [5.74, 6) is -0.837. The quantitative estimate of drug-likeness (QED) is 0.540. The van der Waals surface area contributed by atoms with E-state index in [2.05, 4.69) is 0 Å². The zero-order valence-electron chi connectivity index (χ0n) is 19.6. The molecule has 0 bridgehead atoms. The molecule has 2 aromatic carbocycles. The van der Waals surface area contributed by atoms with E-state index in [0.717, 1.165) is 11.8 Å². The van der Waals surface area contributed by atoms with Gasteiger partial charge in [-0.05, 0) is 49.4 Å². The molecule has 0 aliphatic carbocycles. The van der Waals surface area contributed by atoms with Gasteiger partial charge in [0, 0.05) is 44.3 Å². The zero-order valence-corrected chi connectivity index (χ0v) is 20.4. The number of rotatable bonds is 5. The van der Waals surface area contributed by atoms with Gasteiger partial charge in [-0.1, -0.05) is 11.6 Å². The number of fused-ring (bicyclic) bond motifs is 1. The van der Waals surface area contributed by atoms with Gasteiger partial charge in [0.25, 0.3) is 11.5 Å². The number of aromatic nitrogens is 2. The van der Waals surface area contributed by atoms with Crippen LogP contribution in [0.3, 0.4) is 0 Å². The molecule has 0 fully saturated rings. The molecule has 10 heteroatoms. The molecule has 0 spiro atoms. The molecule has 35 heavy (non-hydrogen) atoms. The number of nitrogens with zero attached hydrogens (tertiary/aromatic N) is 6. The number of carbonyl (C=O) groups is 1. The molecule has 3 aromatic rings. The summed E-state index contributed by atoms with van der Waals surface area (Å²) in [4.78, 5) is 34.9. The van der Waals surface area contributed by atoms with Crippen molar-refractivity contribution < 1.29 is 9.18 Å². The minimum atomic E-state index is -0.763. The summed E-state index contributed by atoms with van der Waals surface area (Å²) in [5, 5.41) is 11.2. The SMILES string of the molecule is CCN(c1ccc(Cl)cc1)c1nc2c(c(=O)n1N(C)C)CN(C(=O)c1ccc(C#N)cc1F)CC2. The van der Waals surface area contributed by atoms with E-state index < -0.39 is 11.7 Å². The lowest BCUT2D eigenvalue weighted by Gasteiger charge is -2.33. The first kappa shape index (κ1) is 24.2. The largest absolute Gasteiger partial charge is 0.334 e. The van der Waals surface area contributed by atoms with E-state index in [1.165, 1.54) is 21.7 Å². The Balaban J connectivity index is 1.73. The van der Waals surface area contributed by atoms with E-state index in [-0.39, 0.29) is 29.8 Å². The second-order valence-corrected chi connectivity index (χ2v) is 8.74. The van der Waals surface area contributed by atoms with E-state index in [0.29, 0.717) is 35.2 Å². The van der Waals surface area contributed by atoms with Gasteiger partial charge in [0.15, 0.2) is 0 Å².